The van der Waals surface area contributed by atoms with Gasteiger partial charge in [-0.1, -0.05) is 103 Å². The maximum absolute atomic E-state index is 12.4. The van der Waals surface area contributed by atoms with Gasteiger partial charge in [-0.25, -0.2) is 5.48 Å². The summed E-state index contributed by atoms with van der Waals surface area (Å²) in [6.07, 6.45) is -0.483. The topological polar surface area (TPSA) is 141 Å². The van der Waals surface area contributed by atoms with Crippen molar-refractivity contribution in [3.05, 3.63) is 131 Å². The fourth-order valence-electron chi connectivity index (χ4n) is 6.21. The van der Waals surface area contributed by atoms with Gasteiger partial charge in [0, 0.05) is 44.0 Å². The van der Waals surface area contributed by atoms with Gasteiger partial charge in [-0.15, -0.1) is 0 Å². The number of nitrogens with one attached hydrogen (secondary N) is 2. The van der Waals surface area contributed by atoms with Crippen LogP contribution in [0.25, 0.3) is 11.1 Å². The third-order valence-corrected chi connectivity index (χ3v) is 9.32. The highest BCUT2D eigenvalue weighted by molar-refractivity contribution is 5.78. The van der Waals surface area contributed by atoms with E-state index in [4.69, 9.17) is 14.7 Å². The van der Waals surface area contributed by atoms with E-state index in [0.29, 0.717) is 25.9 Å². The third-order valence-electron chi connectivity index (χ3n) is 9.32. The molecule has 1 saturated heterocycles. The van der Waals surface area contributed by atoms with Gasteiger partial charge in [0.15, 0.2) is 6.29 Å². The Balaban J connectivity index is 1.29. The van der Waals surface area contributed by atoms with Crippen molar-refractivity contribution in [2.45, 2.75) is 76.4 Å². The quantitative estimate of drug-likeness (QED) is 0.0791. The number of amides is 2. The Kier molecular flexibility index (Phi) is 13.3. The van der Waals surface area contributed by atoms with Gasteiger partial charge in [-0.2, -0.15) is 0 Å². The fourth-order valence-corrected chi connectivity index (χ4v) is 6.21. The molecule has 264 valence electrons. The Morgan fingerprint density at radius 2 is 1.52 bits per heavy atom. The number of benzene rings is 4. The van der Waals surface area contributed by atoms with E-state index < -0.39 is 18.3 Å². The number of rotatable bonds is 15. The summed E-state index contributed by atoms with van der Waals surface area (Å²) in [7, 11) is 2.00. The summed E-state index contributed by atoms with van der Waals surface area (Å²) < 4.78 is 13.2. The minimum Gasteiger partial charge on any atom is -0.392 e. The SMILES string of the molecule is C[C@@H]([C@H](O)c1ccccc1)N(C)C[C@H]1C[C@@H](c2ccc(CO)cc2)O[C@@H](c2ccc(-c3ccccc3CNC(=O)CCCC(=O)NO)cc2)O1. The van der Waals surface area contributed by atoms with E-state index in [1.165, 1.54) is 0 Å². The Labute approximate surface area is 293 Å². The van der Waals surface area contributed by atoms with Gasteiger partial charge >= 0.3 is 0 Å². The first kappa shape index (κ1) is 36.9. The van der Waals surface area contributed by atoms with Crippen LogP contribution in [0.15, 0.2) is 103 Å². The number of hydroxylamine groups is 1. The van der Waals surface area contributed by atoms with Crippen LogP contribution in [0.5, 0.6) is 0 Å². The van der Waals surface area contributed by atoms with Crippen molar-refractivity contribution in [2.24, 2.45) is 0 Å². The number of carbonyl (C=O) groups excluding carboxylic acids is 2. The number of likely N-dealkylation sites (N-methyl/N-ethyl adjacent to an activating group) is 1. The number of aliphatic hydroxyl groups excluding tert-OH is 2. The molecule has 1 aliphatic heterocycles. The van der Waals surface area contributed by atoms with E-state index in [1.54, 1.807) is 5.48 Å². The van der Waals surface area contributed by atoms with Gasteiger partial charge in [0.25, 0.3) is 0 Å². The molecule has 0 aromatic heterocycles. The summed E-state index contributed by atoms with van der Waals surface area (Å²) in [6, 6.07) is 33.2. The van der Waals surface area contributed by atoms with Gasteiger partial charge in [-0.05, 0) is 53.8 Å². The van der Waals surface area contributed by atoms with Crippen LogP contribution in [0.3, 0.4) is 0 Å². The van der Waals surface area contributed by atoms with Crippen molar-refractivity contribution in [3.63, 3.8) is 0 Å². The first-order chi connectivity index (χ1) is 24.2. The van der Waals surface area contributed by atoms with Gasteiger partial charge in [-0.3, -0.25) is 19.7 Å². The standard InChI is InChI=1S/C40H47N3O7/c1-27(39(47)31-9-4-3-5-10-31)43(2)25-34-23-36(30-17-15-28(26-44)16-18-30)50-40(49-34)32-21-19-29(20-22-32)35-12-7-6-11-33(35)24-41-37(45)13-8-14-38(46)42-48/h3-7,9-12,15-22,27,34,36,39-40,44,47-48H,8,13-14,23-26H2,1-2H3,(H,41,45)(H,42,46)/t27-,34+,36-,39-,40-/m0/s1. The Morgan fingerprint density at radius 1 is 0.860 bits per heavy atom. The number of hydrogen-bond donors (Lipinski definition) is 5. The molecule has 1 heterocycles. The average molecular weight is 682 g/mol. The second kappa shape index (κ2) is 18.0. The monoisotopic (exact) mass is 681 g/mol. The fraction of sp³-hybridized carbons (Fsp3) is 0.350. The number of nitrogens with zero attached hydrogens (tertiary/aromatic N) is 1. The predicted octanol–water partition coefficient (Wildman–Crippen LogP) is 5.74. The number of ether oxygens (including phenoxy) is 2. The van der Waals surface area contributed by atoms with E-state index in [1.807, 2.05) is 117 Å². The van der Waals surface area contributed by atoms with Crippen LogP contribution in [0.1, 0.15) is 78.9 Å². The molecule has 5 atom stereocenters. The molecule has 0 spiro atoms. The number of aliphatic hydroxyl groups is 2. The molecule has 0 radical (unpaired) electrons. The number of hydrogen-bond acceptors (Lipinski definition) is 8. The lowest BCUT2D eigenvalue weighted by Gasteiger charge is -2.39. The summed E-state index contributed by atoms with van der Waals surface area (Å²) >= 11 is 0. The van der Waals surface area contributed by atoms with Crippen molar-refractivity contribution in [3.8, 4) is 11.1 Å². The van der Waals surface area contributed by atoms with Crippen LogP contribution >= 0.6 is 0 Å². The van der Waals surface area contributed by atoms with Crippen molar-refractivity contribution >= 4 is 11.8 Å². The second-order valence-electron chi connectivity index (χ2n) is 12.8. The van der Waals surface area contributed by atoms with E-state index in [0.717, 1.165) is 38.9 Å². The van der Waals surface area contributed by atoms with Gasteiger partial charge in [0.05, 0.1) is 24.9 Å². The molecular weight excluding hydrogens is 634 g/mol. The van der Waals surface area contributed by atoms with Gasteiger partial charge in [0.2, 0.25) is 11.8 Å². The Bertz CT molecular complexity index is 1670. The minimum atomic E-state index is -0.650. The number of carbonyl (C=O) groups is 2. The molecule has 10 heteroatoms. The summed E-state index contributed by atoms with van der Waals surface area (Å²) in [5.74, 6) is -0.684. The zero-order valence-electron chi connectivity index (χ0n) is 28.6. The van der Waals surface area contributed by atoms with Crippen molar-refractivity contribution in [1.82, 2.24) is 15.7 Å². The van der Waals surface area contributed by atoms with E-state index in [2.05, 4.69) is 10.2 Å². The Hall–Kier alpha value is -4.42. The van der Waals surface area contributed by atoms with Crippen LogP contribution in [0.4, 0.5) is 0 Å². The van der Waals surface area contributed by atoms with Crippen LogP contribution < -0.4 is 10.8 Å². The van der Waals surface area contributed by atoms with Crippen LogP contribution in [-0.4, -0.2) is 57.9 Å². The lowest BCUT2D eigenvalue weighted by Crippen LogP contribution is -2.43. The lowest BCUT2D eigenvalue weighted by atomic mass is 9.97. The smallest absolute Gasteiger partial charge is 0.243 e. The molecule has 5 rings (SSSR count). The summed E-state index contributed by atoms with van der Waals surface area (Å²) in [4.78, 5) is 25.7. The molecular formula is C40H47N3O7. The second-order valence-corrected chi connectivity index (χ2v) is 12.8. The molecule has 10 nitrogen and oxygen atoms in total. The molecule has 0 unspecified atom stereocenters. The van der Waals surface area contributed by atoms with Crippen molar-refractivity contribution in [2.75, 3.05) is 13.6 Å². The van der Waals surface area contributed by atoms with E-state index in [9.17, 15) is 19.8 Å². The molecule has 0 bridgehead atoms. The molecule has 0 aliphatic carbocycles. The van der Waals surface area contributed by atoms with Crippen molar-refractivity contribution < 1.29 is 34.5 Å². The van der Waals surface area contributed by atoms with Crippen LogP contribution in [-0.2, 0) is 32.2 Å². The highest BCUT2D eigenvalue weighted by Gasteiger charge is 2.34. The summed E-state index contributed by atoms with van der Waals surface area (Å²) in [5, 5.41) is 32.2. The molecule has 50 heavy (non-hydrogen) atoms. The van der Waals surface area contributed by atoms with Crippen LogP contribution in [0.2, 0.25) is 0 Å². The van der Waals surface area contributed by atoms with Gasteiger partial charge < -0.3 is 25.0 Å². The summed E-state index contributed by atoms with van der Waals surface area (Å²) in [6.45, 7) is 2.91. The zero-order valence-corrected chi connectivity index (χ0v) is 28.6. The summed E-state index contributed by atoms with van der Waals surface area (Å²) in [5.41, 5.74) is 8.07. The minimum absolute atomic E-state index is 0.0278. The lowest BCUT2D eigenvalue weighted by molar-refractivity contribution is -0.253. The molecule has 1 aliphatic rings. The Morgan fingerprint density at radius 3 is 2.22 bits per heavy atom. The maximum atomic E-state index is 12.4. The van der Waals surface area contributed by atoms with E-state index >= 15 is 0 Å². The molecule has 4 aromatic rings. The van der Waals surface area contributed by atoms with Gasteiger partial charge in [0.1, 0.15) is 0 Å². The highest BCUT2D eigenvalue weighted by Crippen LogP contribution is 2.39. The molecule has 4 aromatic carbocycles. The zero-order chi connectivity index (χ0) is 35.5. The normalized spacial score (nSPS) is 18.7. The molecule has 2 amide bonds. The largest absolute Gasteiger partial charge is 0.392 e. The maximum Gasteiger partial charge on any atom is 0.243 e. The molecule has 0 saturated carbocycles. The first-order valence-electron chi connectivity index (χ1n) is 17.1. The third kappa shape index (κ3) is 9.85. The van der Waals surface area contributed by atoms with E-state index in [-0.39, 0.29) is 43.6 Å². The average Bonchev–Trinajstić information content (AvgIpc) is 3.16. The highest BCUT2D eigenvalue weighted by atomic mass is 16.7. The first-order valence-corrected chi connectivity index (χ1v) is 17.1. The molecule has 5 N–H and O–H groups in total. The molecule has 1 fully saturated rings. The van der Waals surface area contributed by atoms with Crippen LogP contribution in [0, 0.1) is 0 Å². The van der Waals surface area contributed by atoms with Crippen molar-refractivity contribution in [1.29, 1.82) is 0 Å². The predicted molar refractivity (Wildman–Crippen MR) is 189 cm³/mol.